The van der Waals surface area contributed by atoms with E-state index in [9.17, 15) is 22.8 Å². The van der Waals surface area contributed by atoms with Crippen molar-refractivity contribution in [3.05, 3.63) is 70.8 Å². The predicted octanol–water partition coefficient (Wildman–Crippen LogP) is 4.01. The third-order valence-corrected chi connectivity index (χ3v) is 3.94. The Labute approximate surface area is 202 Å². The van der Waals surface area contributed by atoms with E-state index >= 15 is 0 Å². The molecule has 0 fully saturated rings. The summed E-state index contributed by atoms with van der Waals surface area (Å²) in [6.45, 7) is 8.19. The third-order valence-electron chi connectivity index (χ3n) is 3.94. The van der Waals surface area contributed by atoms with Crippen LogP contribution in [0.15, 0.2) is 58.8 Å². The molecule has 0 bridgehead atoms. The number of carbonyl (C=O) groups is 2. The lowest BCUT2D eigenvalue weighted by Crippen LogP contribution is -2.26. The number of aryl methyl sites for hydroxylation is 2. The van der Waals surface area contributed by atoms with Crippen molar-refractivity contribution in [1.82, 2.24) is 0 Å². The second-order valence-electron chi connectivity index (χ2n) is 6.54. The van der Waals surface area contributed by atoms with Gasteiger partial charge >= 0.3 is 6.18 Å². The molecular weight excluding hydrogens is 465 g/mol. The van der Waals surface area contributed by atoms with Gasteiger partial charge in [-0.1, -0.05) is 72.7 Å². The molecule has 2 aromatic rings. The Bertz CT molecular complexity index is 1020. The van der Waals surface area contributed by atoms with Gasteiger partial charge in [-0.25, -0.2) is 0 Å². The number of nitrogens with two attached hydrogens (primary N) is 2. The minimum atomic E-state index is -4.52. The molecule has 192 valence electrons. The Morgan fingerprint density at radius 2 is 1.17 bits per heavy atom. The quantitative estimate of drug-likeness (QED) is 0.422. The van der Waals surface area contributed by atoms with Crippen LogP contribution in [0.25, 0.3) is 0 Å². The molecular formula is C24H31F3N4O4. The first kappa shape index (κ1) is 31.1. The fourth-order valence-electron chi connectivity index (χ4n) is 2.43. The molecule has 0 unspecified atom stereocenters. The third kappa shape index (κ3) is 11.7. The summed E-state index contributed by atoms with van der Waals surface area (Å²) < 4.78 is 35.6. The summed E-state index contributed by atoms with van der Waals surface area (Å²) in [6, 6.07) is 13.9. The zero-order chi connectivity index (χ0) is 27.0. The number of primary amides is 2. The smallest absolute Gasteiger partial charge is 0.395 e. The highest BCUT2D eigenvalue weighted by atomic mass is 19.4. The van der Waals surface area contributed by atoms with E-state index in [1.807, 2.05) is 39.0 Å². The lowest BCUT2D eigenvalue weighted by atomic mass is 10.0. The molecule has 0 radical (unpaired) electrons. The predicted molar refractivity (Wildman–Crippen MR) is 129 cm³/mol. The lowest BCUT2D eigenvalue weighted by Gasteiger charge is -2.07. The van der Waals surface area contributed by atoms with Crippen LogP contribution in [-0.4, -0.2) is 42.6 Å². The SMILES string of the molecule is CC.CCO/N=C(/C(N)=O)c1ccccc1C.Cc1ccccc1/C(=N\OCC(F)(F)F)C(N)=O. The largest absolute Gasteiger partial charge is 0.425 e. The van der Waals surface area contributed by atoms with Crippen LogP contribution in [0, 0.1) is 13.8 Å². The number of oxime groups is 2. The molecule has 0 aliphatic carbocycles. The molecule has 0 saturated carbocycles. The van der Waals surface area contributed by atoms with Crippen LogP contribution in [0.2, 0.25) is 0 Å². The number of amides is 2. The van der Waals surface area contributed by atoms with E-state index in [0.29, 0.717) is 23.3 Å². The molecule has 35 heavy (non-hydrogen) atoms. The van der Waals surface area contributed by atoms with Crippen molar-refractivity contribution in [3.63, 3.8) is 0 Å². The summed E-state index contributed by atoms with van der Waals surface area (Å²) in [5.74, 6) is -1.54. The highest BCUT2D eigenvalue weighted by molar-refractivity contribution is 6.45. The minimum Gasteiger partial charge on any atom is -0.395 e. The van der Waals surface area contributed by atoms with Crippen LogP contribution in [0.1, 0.15) is 43.0 Å². The van der Waals surface area contributed by atoms with E-state index in [4.69, 9.17) is 16.3 Å². The standard InChI is InChI=1S/C11H11F3N2O2.C11H14N2O2.C2H6/c1-7-4-2-3-5-8(7)9(10(15)17)16-18-6-11(12,13)14;1-3-15-13-10(11(12)14)9-7-5-4-6-8(9)2;1-2/h2-5H,6H2,1H3,(H2,15,17);4-7H,3H2,1-2H3,(H2,12,14);1-2H3/b16-9+;13-10+;. The molecule has 0 atom stereocenters. The van der Waals surface area contributed by atoms with E-state index in [2.05, 4.69) is 15.1 Å². The Balaban J connectivity index is 0.000000625. The maximum Gasteiger partial charge on any atom is 0.425 e. The van der Waals surface area contributed by atoms with Crippen LogP contribution in [-0.2, 0) is 19.3 Å². The first-order valence-electron chi connectivity index (χ1n) is 10.7. The van der Waals surface area contributed by atoms with Crippen molar-refractivity contribution in [2.24, 2.45) is 21.8 Å². The van der Waals surface area contributed by atoms with Crippen molar-refractivity contribution >= 4 is 23.2 Å². The molecule has 0 aliphatic rings. The fourth-order valence-corrected chi connectivity index (χ4v) is 2.43. The zero-order valence-corrected chi connectivity index (χ0v) is 20.3. The molecule has 0 saturated heterocycles. The second-order valence-corrected chi connectivity index (χ2v) is 6.54. The number of benzene rings is 2. The molecule has 8 nitrogen and oxygen atoms in total. The average Bonchev–Trinajstić information content (AvgIpc) is 2.79. The number of hydrogen-bond donors (Lipinski definition) is 2. The maximum atomic E-state index is 11.9. The molecule has 0 spiro atoms. The summed E-state index contributed by atoms with van der Waals surface area (Å²) >= 11 is 0. The Morgan fingerprint density at radius 1 is 0.800 bits per heavy atom. The molecule has 2 amide bonds. The number of carbonyl (C=O) groups excluding carboxylic acids is 2. The number of rotatable bonds is 8. The lowest BCUT2D eigenvalue weighted by molar-refractivity contribution is -0.173. The van der Waals surface area contributed by atoms with Crippen molar-refractivity contribution in [3.8, 4) is 0 Å². The molecule has 0 heterocycles. The monoisotopic (exact) mass is 496 g/mol. The number of nitrogens with zero attached hydrogens (tertiary/aromatic N) is 2. The zero-order valence-electron chi connectivity index (χ0n) is 20.3. The highest BCUT2D eigenvalue weighted by Gasteiger charge is 2.29. The van der Waals surface area contributed by atoms with Gasteiger partial charge < -0.3 is 21.1 Å². The van der Waals surface area contributed by atoms with Crippen LogP contribution in [0.5, 0.6) is 0 Å². The molecule has 0 aliphatic heterocycles. The van der Waals surface area contributed by atoms with Gasteiger partial charge in [-0.2, -0.15) is 13.2 Å². The van der Waals surface area contributed by atoms with E-state index in [0.717, 1.165) is 5.56 Å². The van der Waals surface area contributed by atoms with Gasteiger partial charge in [0.2, 0.25) is 6.61 Å². The molecule has 11 heteroatoms. The van der Waals surface area contributed by atoms with E-state index in [1.54, 1.807) is 38.1 Å². The van der Waals surface area contributed by atoms with Gasteiger partial charge in [-0.15, -0.1) is 0 Å². The van der Waals surface area contributed by atoms with Gasteiger partial charge in [0.1, 0.15) is 6.61 Å². The summed E-state index contributed by atoms with van der Waals surface area (Å²) in [5, 5.41) is 6.88. The summed E-state index contributed by atoms with van der Waals surface area (Å²) in [4.78, 5) is 31.3. The van der Waals surface area contributed by atoms with E-state index in [1.165, 1.54) is 6.07 Å². The Kier molecular flexibility index (Phi) is 14.1. The van der Waals surface area contributed by atoms with Crippen molar-refractivity contribution in [2.45, 2.75) is 40.8 Å². The van der Waals surface area contributed by atoms with Crippen molar-refractivity contribution in [2.75, 3.05) is 13.2 Å². The fraction of sp³-hybridized carbons (Fsp3) is 0.333. The Morgan fingerprint density at radius 3 is 1.49 bits per heavy atom. The highest BCUT2D eigenvalue weighted by Crippen LogP contribution is 2.15. The summed E-state index contributed by atoms with van der Waals surface area (Å²) in [7, 11) is 0. The van der Waals surface area contributed by atoms with Gasteiger partial charge in [-0.3, -0.25) is 9.59 Å². The minimum absolute atomic E-state index is 0.162. The summed E-state index contributed by atoms with van der Waals surface area (Å²) in [5.41, 5.74) is 12.8. The maximum absolute atomic E-state index is 11.9. The van der Waals surface area contributed by atoms with Crippen molar-refractivity contribution < 1.29 is 32.4 Å². The molecule has 4 N–H and O–H groups in total. The summed E-state index contributed by atoms with van der Waals surface area (Å²) in [6.07, 6.45) is -4.52. The van der Waals surface area contributed by atoms with Gasteiger partial charge in [0.15, 0.2) is 11.4 Å². The van der Waals surface area contributed by atoms with Gasteiger partial charge in [0.25, 0.3) is 11.8 Å². The Hall–Kier alpha value is -3.89. The number of hydrogen-bond acceptors (Lipinski definition) is 6. The molecule has 0 aromatic heterocycles. The van der Waals surface area contributed by atoms with Crippen LogP contribution >= 0.6 is 0 Å². The van der Waals surface area contributed by atoms with Gasteiger partial charge in [0.05, 0.1) is 0 Å². The van der Waals surface area contributed by atoms with Crippen LogP contribution in [0.3, 0.4) is 0 Å². The van der Waals surface area contributed by atoms with Gasteiger partial charge in [-0.05, 0) is 31.9 Å². The normalized spacial score (nSPS) is 11.3. The van der Waals surface area contributed by atoms with E-state index < -0.39 is 24.6 Å². The second kappa shape index (κ2) is 15.9. The van der Waals surface area contributed by atoms with Crippen LogP contribution < -0.4 is 11.5 Å². The average molecular weight is 497 g/mol. The van der Waals surface area contributed by atoms with Gasteiger partial charge in [0, 0.05) is 11.1 Å². The molecule has 2 rings (SSSR count). The molecule has 2 aromatic carbocycles. The number of halogens is 3. The topological polar surface area (TPSA) is 129 Å². The number of alkyl halides is 3. The van der Waals surface area contributed by atoms with Crippen LogP contribution in [0.4, 0.5) is 13.2 Å². The van der Waals surface area contributed by atoms with E-state index in [-0.39, 0.29) is 11.4 Å². The van der Waals surface area contributed by atoms with Crippen molar-refractivity contribution in [1.29, 1.82) is 0 Å². The first-order valence-corrected chi connectivity index (χ1v) is 10.7. The first-order chi connectivity index (χ1) is 16.5.